The minimum atomic E-state index is -0.337. The zero-order chi connectivity index (χ0) is 19.0. The van der Waals surface area contributed by atoms with Crippen LogP contribution in [0.2, 0.25) is 10.0 Å². The van der Waals surface area contributed by atoms with Crippen molar-refractivity contribution in [1.29, 1.82) is 0 Å². The third-order valence-electron chi connectivity index (χ3n) is 4.68. The summed E-state index contributed by atoms with van der Waals surface area (Å²) < 4.78 is 11.2. The lowest BCUT2D eigenvalue weighted by Crippen LogP contribution is -2.37. The fourth-order valence-electron chi connectivity index (χ4n) is 3.33. The van der Waals surface area contributed by atoms with Gasteiger partial charge in [-0.15, -0.1) is 0 Å². The molecule has 5 nitrogen and oxygen atoms in total. The molecule has 2 aromatic carbocycles. The molecule has 1 fully saturated rings. The number of rotatable bonds is 3. The molecule has 0 unspecified atom stereocenters. The Morgan fingerprint density at radius 1 is 1.07 bits per heavy atom. The van der Waals surface area contributed by atoms with Crippen molar-refractivity contribution in [1.82, 2.24) is 0 Å². The number of hydrogen-bond acceptors (Lipinski definition) is 4. The monoisotopic (exact) mass is 404 g/mol. The van der Waals surface area contributed by atoms with E-state index in [9.17, 15) is 4.79 Å². The molecule has 0 radical (unpaired) electrons. The van der Waals surface area contributed by atoms with Crippen molar-refractivity contribution in [2.45, 2.75) is 6.92 Å². The van der Waals surface area contributed by atoms with Crippen LogP contribution in [0, 0.1) is 6.92 Å². The molecule has 3 aromatic rings. The second kappa shape index (κ2) is 7.43. The van der Waals surface area contributed by atoms with E-state index in [4.69, 9.17) is 32.4 Å². The Labute approximate surface area is 166 Å². The van der Waals surface area contributed by atoms with Crippen LogP contribution >= 0.6 is 23.2 Å². The van der Waals surface area contributed by atoms with Gasteiger partial charge in [0.1, 0.15) is 0 Å². The molecule has 1 aliphatic heterocycles. The number of aryl methyl sites for hydroxylation is 1. The van der Waals surface area contributed by atoms with Gasteiger partial charge in [-0.1, -0.05) is 41.4 Å². The molecule has 0 atom stereocenters. The maximum Gasteiger partial charge on any atom is 0.291 e. The first-order chi connectivity index (χ1) is 13.1. The third-order valence-corrected chi connectivity index (χ3v) is 5.29. The van der Waals surface area contributed by atoms with E-state index in [0.29, 0.717) is 47.6 Å². The van der Waals surface area contributed by atoms with Gasteiger partial charge >= 0.3 is 0 Å². The molecule has 0 spiro atoms. The summed E-state index contributed by atoms with van der Waals surface area (Å²) in [5.41, 5.74) is 2.70. The quantitative estimate of drug-likeness (QED) is 0.656. The van der Waals surface area contributed by atoms with E-state index < -0.39 is 0 Å². The molecule has 0 aliphatic carbocycles. The average molecular weight is 405 g/mol. The van der Waals surface area contributed by atoms with E-state index in [1.165, 1.54) is 0 Å². The summed E-state index contributed by atoms with van der Waals surface area (Å²) in [4.78, 5) is 15.0. The molecular weight excluding hydrogens is 387 g/mol. The van der Waals surface area contributed by atoms with E-state index in [2.05, 4.69) is 10.2 Å². The number of nitrogens with zero attached hydrogens (tertiary/aromatic N) is 1. The highest BCUT2D eigenvalue weighted by Crippen LogP contribution is 2.36. The molecule has 1 aliphatic rings. The molecular formula is C20H18Cl2N2O3. The largest absolute Gasteiger partial charge is 0.449 e. The van der Waals surface area contributed by atoms with Gasteiger partial charge in [-0.3, -0.25) is 4.79 Å². The predicted octanol–water partition coefficient (Wildman–Crippen LogP) is 5.14. The number of hydrogen-bond donors (Lipinski definition) is 1. The van der Waals surface area contributed by atoms with Crippen LogP contribution in [0.15, 0.2) is 40.8 Å². The second-order valence-corrected chi connectivity index (χ2v) is 7.18. The van der Waals surface area contributed by atoms with Crippen LogP contribution in [0.4, 0.5) is 11.4 Å². The molecule has 1 aromatic heterocycles. The normalized spacial score (nSPS) is 14.6. The molecule has 1 saturated heterocycles. The number of benzene rings is 2. The summed E-state index contributed by atoms with van der Waals surface area (Å²) in [7, 11) is 0. The highest BCUT2D eigenvalue weighted by atomic mass is 35.5. The maximum atomic E-state index is 12.9. The third kappa shape index (κ3) is 3.38. The summed E-state index contributed by atoms with van der Waals surface area (Å²) in [6.07, 6.45) is 0. The topological polar surface area (TPSA) is 54.7 Å². The molecule has 1 amide bonds. The van der Waals surface area contributed by atoms with Gasteiger partial charge in [0.05, 0.1) is 34.6 Å². The number of carbonyl (C=O) groups excluding carboxylic acids is 1. The van der Waals surface area contributed by atoms with Gasteiger partial charge in [0, 0.05) is 24.0 Å². The Bertz CT molecular complexity index is 1010. The number of morpholine rings is 1. The highest BCUT2D eigenvalue weighted by Gasteiger charge is 2.23. The number of carbonyl (C=O) groups is 1. The van der Waals surface area contributed by atoms with Crippen molar-refractivity contribution in [2.24, 2.45) is 0 Å². The van der Waals surface area contributed by atoms with Crippen LogP contribution in [0.25, 0.3) is 11.0 Å². The fourth-order valence-corrected chi connectivity index (χ4v) is 3.84. The Morgan fingerprint density at radius 2 is 1.78 bits per heavy atom. The lowest BCUT2D eigenvalue weighted by Gasteiger charge is -2.31. The van der Waals surface area contributed by atoms with Crippen LogP contribution in [0.3, 0.4) is 0 Å². The van der Waals surface area contributed by atoms with Crippen LogP contribution < -0.4 is 10.2 Å². The zero-order valence-electron chi connectivity index (χ0n) is 14.7. The van der Waals surface area contributed by atoms with Crippen LogP contribution in [0.5, 0.6) is 0 Å². The summed E-state index contributed by atoms with van der Waals surface area (Å²) >= 11 is 12.6. The van der Waals surface area contributed by atoms with E-state index in [1.54, 1.807) is 6.07 Å². The number of ether oxygens (including phenoxy) is 1. The first kappa shape index (κ1) is 18.2. The van der Waals surface area contributed by atoms with Crippen molar-refractivity contribution in [3.63, 3.8) is 0 Å². The van der Waals surface area contributed by atoms with Gasteiger partial charge in [-0.2, -0.15) is 0 Å². The lowest BCUT2D eigenvalue weighted by atomic mass is 10.1. The molecule has 140 valence electrons. The standard InChI is InChI=1S/C20H18Cl2N2O3/c1-12-13-4-2-6-15(22)19(13)27-18(12)20(25)23-16-7-3-5-14(21)17(16)24-8-10-26-11-9-24/h2-7H,8-11H2,1H3,(H,23,25). The highest BCUT2D eigenvalue weighted by molar-refractivity contribution is 6.35. The molecule has 0 saturated carbocycles. The minimum Gasteiger partial charge on any atom is -0.449 e. The smallest absolute Gasteiger partial charge is 0.291 e. The Balaban J connectivity index is 1.69. The van der Waals surface area contributed by atoms with E-state index >= 15 is 0 Å². The van der Waals surface area contributed by atoms with Crippen molar-refractivity contribution < 1.29 is 13.9 Å². The molecule has 1 N–H and O–H groups in total. The summed E-state index contributed by atoms with van der Waals surface area (Å²) in [6.45, 7) is 4.52. The maximum absolute atomic E-state index is 12.9. The van der Waals surface area contributed by atoms with Crippen molar-refractivity contribution in [2.75, 3.05) is 36.5 Å². The van der Waals surface area contributed by atoms with Crippen LogP contribution in [0.1, 0.15) is 16.1 Å². The van der Waals surface area contributed by atoms with E-state index in [0.717, 1.165) is 16.6 Å². The SMILES string of the molecule is Cc1c(C(=O)Nc2cccc(Cl)c2N2CCOCC2)oc2c(Cl)cccc12. The Morgan fingerprint density at radius 3 is 2.52 bits per heavy atom. The predicted molar refractivity (Wildman–Crippen MR) is 108 cm³/mol. The summed E-state index contributed by atoms with van der Waals surface area (Å²) in [5, 5.41) is 4.83. The van der Waals surface area contributed by atoms with E-state index in [-0.39, 0.29) is 11.7 Å². The molecule has 4 rings (SSSR count). The van der Waals surface area contributed by atoms with Crippen LogP contribution in [-0.2, 0) is 4.74 Å². The Hall–Kier alpha value is -2.21. The second-order valence-electron chi connectivity index (χ2n) is 6.36. The van der Waals surface area contributed by atoms with Gasteiger partial charge in [0.2, 0.25) is 0 Å². The number of para-hydroxylation sites is 2. The minimum absolute atomic E-state index is 0.242. The van der Waals surface area contributed by atoms with Gasteiger partial charge in [-0.05, 0) is 25.1 Å². The summed E-state index contributed by atoms with van der Waals surface area (Å²) in [6, 6.07) is 10.9. The molecule has 27 heavy (non-hydrogen) atoms. The summed E-state index contributed by atoms with van der Waals surface area (Å²) in [5.74, 6) is -0.0949. The van der Waals surface area contributed by atoms with Crippen LogP contribution in [-0.4, -0.2) is 32.2 Å². The molecule has 0 bridgehead atoms. The fraction of sp³-hybridized carbons (Fsp3) is 0.250. The first-order valence-corrected chi connectivity index (χ1v) is 9.42. The zero-order valence-corrected chi connectivity index (χ0v) is 16.2. The van der Waals surface area contributed by atoms with Crippen molar-refractivity contribution in [3.05, 3.63) is 57.8 Å². The molecule has 2 heterocycles. The number of amides is 1. The van der Waals surface area contributed by atoms with Crippen molar-refractivity contribution >= 4 is 51.5 Å². The number of anilines is 2. The Kier molecular flexibility index (Phi) is 5.00. The van der Waals surface area contributed by atoms with Crippen molar-refractivity contribution in [3.8, 4) is 0 Å². The number of nitrogens with one attached hydrogen (secondary N) is 1. The lowest BCUT2D eigenvalue weighted by molar-refractivity contribution is 0.0998. The van der Waals surface area contributed by atoms with Gasteiger partial charge < -0.3 is 19.4 Å². The van der Waals surface area contributed by atoms with Gasteiger partial charge in [0.15, 0.2) is 11.3 Å². The number of halogens is 2. The number of furan rings is 1. The van der Waals surface area contributed by atoms with E-state index in [1.807, 2.05) is 37.3 Å². The van der Waals surface area contributed by atoms with Gasteiger partial charge in [0.25, 0.3) is 5.91 Å². The number of fused-ring (bicyclic) bond motifs is 1. The first-order valence-electron chi connectivity index (χ1n) is 8.66. The average Bonchev–Trinajstić information content (AvgIpc) is 3.01. The molecule has 7 heteroatoms. The van der Waals surface area contributed by atoms with Gasteiger partial charge in [-0.25, -0.2) is 0 Å².